The lowest BCUT2D eigenvalue weighted by Gasteiger charge is -2.13. The normalized spacial score (nSPS) is 14.6. The minimum absolute atomic E-state index is 0.0224. The molecule has 31 heavy (non-hydrogen) atoms. The molecule has 0 aliphatic carbocycles. The molecule has 1 aliphatic rings. The van der Waals surface area contributed by atoms with Gasteiger partial charge >= 0.3 is 5.97 Å². The van der Waals surface area contributed by atoms with Crippen LogP contribution in [0.25, 0.3) is 0 Å². The lowest BCUT2D eigenvalue weighted by atomic mass is 10.1. The zero-order chi connectivity index (χ0) is 22.0. The number of anilines is 1. The molecule has 3 aromatic rings. The molecule has 0 saturated carbocycles. The highest BCUT2D eigenvalue weighted by Crippen LogP contribution is 2.38. The molecule has 0 fully saturated rings. The molecule has 3 heterocycles. The lowest BCUT2D eigenvalue weighted by molar-refractivity contribution is 0.0527. The molecule has 0 spiro atoms. The fourth-order valence-corrected chi connectivity index (χ4v) is 7.21. The van der Waals surface area contributed by atoms with Gasteiger partial charge in [0.15, 0.2) is 9.84 Å². The van der Waals surface area contributed by atoms with Crippen LogP contribution in [-0.4, -0.2) is 37.6 Å². The molecule has 1 N–H and O–H groups in total. The van der Waals surface area contributed by atoms with Crippen molar-refractivity contribution in [3.05, 3.63) is 68.0 Å². The van der Waals surface area contributed by atoms with Crippen LogP contribution in [0.3, 0.4) is 0 Å². The predicted molar refractivity (Wildman–Crippen MR) is 121 cm³/mol. The van der Waals surface area contributed by atoms with Crippen molar-refractivity contribution >= 4 is 49.4 Å². The summed E-state index contributed by atoms with van der Waals surface area (Å²) in [5, 5.41) is 5.54. The third kappa shape index (κ3) is 4.86. The molecule has 4 rings (SSSR count). The lowest BCUT2D eigenvalue weighted by Crippen LogP contribution is -2.20. The maximum Gasteiger partial charge on any atom is 0.341 e. The number of esters is 1. The highest BCUT2D eigenvalue weighted by molar-refractivity contribution is 7.90. The van der Waals surface area contributed by atoms with Crippen molar-refractivity contribution in [2.24, 2.45) is 0 Å². The van der Waals surface area contributed by atoms with Crippen molar-refractivity contribution in [1.29, 1.82) is 0 Å². The van der Waals surface area contributed by atoms with Gasteiger partial charge in [-0.15, -0.1) is 22.7 Å². The molecule has 162 valence electrons. The van der Waals surface area contributed by atoms with Gasteiger partial charge < -0.3 is 10.1 Å². The van der Waals surface area contributed by atoms with Crippen LogP contribution in [0.5, 0.6) is 0 Å². The second-order valence-electron chi connectivity index (χ2n) is 7.01. The highest BCUT2D eigenvalue weighted by atomic mass is 32.2. The predicted octanol–water partition coefficient (Wildman–Crippen LogP) is 3.70. The molecule has 0 radical (unpaired) electrons. The van der Waals surface area contributed by atoms with Crippen LogP contribution in [0.4, 0.5) is 5.00 Å². The van der Waals surface area contributed by atoms with Gasteiger partial charge in [-0.25, -0.2) is 18.2 Å². The Morgan fingerprint density at radius 2 is 2.00 bits per heavy atom. The Kier molecular flexibility index (Phi) is 6.22. The number of thiophene rings is 1. The summed E-state index contributed by atoms with van der Waals surface area (Å²) in [7, 11) is -3.21. The number of benzene rings is 1. The zero-order valence-electron chi connectivity index (χ0n) is 16.7. The molecule has 0 bridgehead atoms. The summed E-state index contributed by atoms with van der Waals surface area (Å²) < 4.78 is 29.2. The van der Waals surface area contributed by atoms with E-state index in [9.17, 15) is 18.0 Å². The van der Waals surface area contributed by atoms with Crippen molar-refractivity contribution in [1.82, 2.24) is 4.98 Å². The largest absolute Gasteiger partial charge is 0.462 e. The summed E-state index contributed by atoms with van der Waals surface area (Å²) in [6.07, 6.45) is 0.855. The first-order chi connectivity index (χ1) is 14.9. The second-order valence-corrected chi connectivity index (χ2v) is 11.2. The Morgan fingerprint density at radius 1 is 1.23 bits per heavy atom. The van der Waals surface area contributed by atoms with Crippen LogP contribution < -0.4 is 5.32 Å². The summed E-state index contributed by atoms with van der Waals surface area (Å²) in [5.41, 5.74) is 2.26. The smallest absolute Gasteiger partial charge is 0.341 e. The topological polar surface area (TPSA) is 102 Å². The first-order valence-electron chi connectivity index (χ1n) is 9.68. The van der Waals surface area contributed by atoms with Gasteiger partial charge in [0.25, 0.3) is 5.91 Å². The van der Waals surface area contributed by atoms with E-state index >= 15 is 0 Å². The van der Waals surface area contributed by atoms with E-state index in [1.54, 1.807) is 12.3 Å². The number of fused-ring (bicyclic) bond motifs is 1. The Bertz CT molecular complexity index is 1230. The minimum atomic E-state index is -3.21. The SMILES string of the molecule is CCOC(=O)c1c(NC(=O)c2csc(Cc3ccccc3)n2)sc2c1CCS(=O)(=O)C2. The Hall–Kier alpha value is -2.56. The molecule has 1 aromatic carbocycles. The number of carbonyl (C=O) groups excluding carboxylic acids is 2. The van der Waals surface area contributed by atoms with E-state index in [2.05, 4.69) is 10.3 Å². The van der Waals surface area contributed by atoms with Gasteiger partial charge in [-0.3, -0.25) is 4.79 Å². The average Bonchev–Trinajstić information content (AvgIpc) is 3.32. The second kappa shape index (κ2) is 8.89. The molecule has 10 heteroatoms. The monoisotopic (exact) mass is 476 g/mol. The number of ether oxygens (including phenoxy) is 1. The Morgan fingerprint density at radius 3 is 2.74 bits per heavy atom. The number of amides is 1. The number of nitrogens with zero attached hydrogens (tertiary/aromatic N) is 1. The maximum atomic E-state index is 12.8. The van der Waals surface area contributed by atoms with Crippen LogP contribution in [0.15, 0.2) is 35.7 Å². The van der Waals surface area contributed by atoms with Gasteiger partial charge in [0.05, 0.1) is 28.7 Å². The van der Waals surface area contributed by atoms with Gasteiger partial charge in [0, 0.05) is 16.7 Å². The number of hydrogen-bond acceptors (Lipinski definition) is 8. The van der Waals surface area contributed by atoms with Gasteiger partial charge in [-0.05, 0) is 24.5 Å². The van der Waals surface area contributed by atoms with Crippen LogP contribution in [-0.2, 0) is 33.2 Å². The molecular weight excluding hydrogens is 456 g/mol. The molecule has 0 unspecified atom stereocenters. The molecule has 7 nitrogen and oxygen atoms in total. The van der Waals surface area contributed by atoms with Crippen molar-refractivity contribution in [3.63, 3.8) is 0 Å². The summed E-state index contributed by atoms with van der Waals surface area (Å²) >= 11 is 2.50. The average molecular weight is 477 g/mol. The van der Waals surface area contributed by atoms with Gasteiger partial charge in [0.2, 0.25) is 0 Å². The maximum absolute atomic E-state index is 12.8. The van der Waals surface area contributed by atoms with E-state index in [1.807, 2.05) is 30.3 Å². The van der Waals surface area contributed by atoms with Crippen molar-refractivity contribution < 1.29 is 22.7 Å². The standard InChI is InChI=1S/C21H20N2O5S3/c1-2-28-21(25)18-14-8-9-31(26,27)12-16(14)30-20(18)23-19(24)15-11-29-17(22-15)10-13-6-4-3-5-7-13/h3-7,11H,2,8-10,12H2,1H3,(H,23,24). The first kappa shape index (κ1) is 21.7. The molecule has 2 aromatic heterocycles. The van der Waals surface area contributed by atoms with Crippen LogP contribution in [0, 0.1) is 0 Å². The number of aromatic nitrogens is 1. The van der Waals surface area contributed by atoms with Gasteiger partial charge in [-0.1, -0.05) is 30.3 Å². The zero-order valence-corrected chi connectivity index (χ0v) is 19.2. The van der Waals surface area contributed by atoms with Gasteiger partial charge in [-0.2, -0.15) is 0 Å². The summed E-state index contributed by atoms with van der Waals surface area (Å²) in [6, 6.07) is 9.84. The number of thiazole rings is 1. The van der Waals surface area contributed by atoms with Crippen molar-refractivity contribution in [2.75, 3.05) is 17.7 Å². The fourth-order valence-electron chi connectivity index (χ4n) is 3.36. The van der Waals surface area contributed by atoms with E-state index in [1.165, 1.54) is 11.3 Å². The Labute approximate surface area is 188 Å². The van der Waals surface area contributed by atoms with E-state index in [-0.39, 0.29) is 35.8 Å². The number of hydrogen-bond donors (Lipinski definition) is 1. The number of carbonyl (C=O) groups is 2. The van der Waals surface area contributed by atoms with E-state index in [0.29, 0.717) is 21.9 Å². The third-order valence-electron chi connectivity index (χ3n) is 4.79. The fraction of sp³-hybridized carbons (Fsp3) is 0.286. The quantitative estimate of drug-likeness (QED) is 0.544. The molecular formula is C21H20N2O5S3. The number of sulfone groups is 1. The van der Waals surface area contributed by atoms with Crippen molar-refractivity contribution in [3.8, 4) is 0 Å². The molecule has 1 amide bonds. The highest BCUT2D eigenvalue weighted by Gasteiger charge is 2.32. The number of rotatable bonds is 6. The van der Waals surface area contributed by atoms with E-state index in [0.717, 1.165) is 21.9 Å². The summed E-state index contributed by atoms with van der Waals surface area (Å²) in [5.74, 6) is -1.15. The molecule has 0 atom stereocenters. The Balaban J connectivity index is 1.58. The van der Waals surface area contributed by atoms with Gasteiger partial charge in [0.1, 0.15) is 10.7 Å². The minimum Gasteiger partial charge on any atom is -0.462 e. The molecule has 0 saturated heterocycles. The third-order valence-corrected chi connectivity index (χ3v) is 8.53. The van der Waals surface area contributed by atoms with E-state index in [4.69, 9.17) is 4.74 Å². The summed E-state index contributed by atoms with van der Waals surface area (Å²) in [6.45, 7) is 1.88. The summed E-state index contributed by atoms with van der Waals surface area (Å²) in [4.78, 5) is 30.4. The van der Waals surface area contributed by atoms with Crippen LogP contribution in [0.1, 0.15) is 48.8 Å². The van der Waals surface area contributed by atoms with Crippen LogP contribution in [0.2, 0.25) is 0 Å². The van der Waals surface area contributed by atoms with Crippen molar-refractivity contribution in [2.45, 2.75) is 25.5 Å². The molecule has 1 aliphatic heterocycles. The first-order valence-corrected chi connectivity index (χ1v) is 13.2. The number of nitrogens with one attached hydrogen (secondary N) is 1. The van der Waals surface area contributed by atoms with E-state index < -0.39 is 21.7 Å². The van der Waals surface area contributed by atoms with Crippen LogP contribution >= 0.6 is 22.7 Å².